The van der Waals surface area contributed by atoms with E-state index in [9.17, 15) is 4.79 Å². The Morgan fingerprint density at radius 2 is 1.96 bits per heavy atom. The first-order valence-electron chi connectivity index (χ1n) is 9.08. The second-order valence-corrected chi connectivity index (χ2v) is 7.04. The summed E-state index contributed by atoms with van der Waals surface area (Å²) in [6.45, 7) is 10.5. The van der Waals surface area contributed by atoms with E-state index in [0.717, 1.165) is 39.1 Å². The number of aromatic nitrogens is 4. The molecule has 7 nitrogen and oxygen atoms in total. The molecule has 2 aromatic rings. The maximum Gasteiger partial charge on any atom is 0.247 e. The van der Waals surface area contributed by atoms with Crippen LogP contribution < -0.4 is 0 Å². The van der Waals surface area contributed by atoms with Crippen LogP contribution in [0.3, 0.4) is 0 Å². The van der Waals surface area contributed by atoms with Gasteiger partial charge in [0.2, 0.25) is 5.91 Å². The third kappa shape index (κ3) is 4.28. The summed E-state index contributed by atoms with van der Waals surface area (Å²) in [5.41, 5.74) is 1.23. The Bertz CT molecular complexity index is 678. The van der Waals surface area contributed by atoms with Crippen molar-refractivity contribution >= 4 is 5.91 Å². The van der Waals surface area contributed by atoms with Gasteiger partial charge in [-0.1, -0.05) is 0 Å². The van der Waals surface area contributed by atoms with Crippen LogP contribution in [0.15, 0.2) is 30.9 Å². The highest BCUT2D eigenvalue weighted by molar-refractivity contribution is 5.80. The molecule has 0 saturated carbocycles. The van der Waals surface area contributed by atoms with E-state index >= 15 is 0 Å². The molecule has 0 spiro atoms. The molecular formula is C18H28N6O. The zero-order chi connectivity index (χ0) is 17.8. The molecule has 0 unspecified atom stereocenters. The second-order valence-electron chi connectivity index (χ2n) is 7.04. The van der Waals surface area contributed by atoms with Crippen molar-refractivity contribution in [3.05, 3.63) is 36.4 Å². The van der Waals surface area contributed by atoms with Crippen LogP contribution in [0.1, 0.15) is 44.8 Å². The van der Waals surface area contributed by atoms with E-state index in [-0.39, 0.29) is 11.9 Å². The third-order valence-electron chi connectivity index (χ3n) is 4.77. The van der Waals surface area contributed by atoms with Gasteiger partial charge in [0.15, 0.2) is 0 Å². The average Bonchev–Trinajstić information content (AvgIpc) is 3.23. The van der Waals surface area contributed by atoms with Gasteiger partial charge in [0, 0.05) is 62.9 Å². The fourth-order valence-corrected chi connectivity index (χ4v) is 3.24. The van der Waals surface area contributed by atoms with Crippen molar-refractivity contribution in [1.29, 1.82) is 0 Å². The van der Waals surface area contributed by atoms with Crippen LogP contribution in [-0.4, -0.2) is 61.4 Å². The summed E-state index contributed by atoms with van der Waals surface area (Å²) in [5.74, 6) is 0.151. The number of hydrogen-bond acceptors (Lipinski definition) is 4. The molecule has 0 aromatic carbocycles. The molecule has 7 heteroatoms. The van der Waals surface area contributed by atoms with Crippen LogP contribution in [0.25, 0.3) is 0 Å². The molecule has 3 heterocycles. The fraction of sp³-hybridized carbons (Fsp3) is 0.611. The predicted octanol–water partition coefficient (Wildman–Crippen LogP) is 1.96. The molecule has 136 valence electrons. The topological polar surface area (TPSA) is 59.2 Å². The molecule has 0 radical (unpaired) electrons. The molecule has 1 saturated heterocycles. The summed E-state index contributed by atoms with van der Waals surface area (Å²) in [6, 6.07) is 1.99. The Morgan fingerprint density at radius 3 is 2.64 bits per heavy atom. The van der Waals surface area contributed by atoms with Gasteiger partial charge in [-0.15, -0.1) is 0 Å². The lowest BCUT2D eigenvalue weighted by Gasteiger charge is -2.24. The number of carbonyl (C=O) groups is 1. The third-order valence-corrected chi connectivity index (χ3v) is 4.77. The van der Waals surface area contributed by atoms with Crippen LogP contribution >= 0.6 is 0 Å². The molecule has 1 amide bonds. The minimum absolute atomic E-state index is 0.151. The van der Waals surface area contributed by atoms with E-state index in [1.54, 1.807) is 10.9 Å². The van der Waals surface area contributed by atoms with Crippen LogP contribution in [-0.2, 0) is 11.3 Å². The van der Waals surface area contributed by atoms with Crippen molar-refractivity contribution in [3.63, 3.8) is 0 Å². The van der Waals surface area contributed by atoms with E-state index in [1.807, 2.05) is 35.0 Å². The summed E-state index contributed by atoms with van der Waals surface area (Å²) >= 11 is 0. The van der Waals surface area contributed by atoms with E-state index in [2.05, 4.69) is 35.1 Å². The Hall–Kier alpha value is -2.15. The molecule has 1 aliphatic heterocycles. The summed E-state index contributed by atoms with van der Waals surface area (Å²) in [6.07, 6.45) is 8.63. The van der Waals surface area contributed by atoms with Crippen molar-refractivity contribution in [1.82, 2.24) is 29.4 Å². The Morgan fingerprint density at radius 1 is 1.12 bits per heavy atom. The van der Waals surface area contributed by atoms with Gasteiger partial charge in [-0.05, 0) is 33.3 Å². The number of nitrogens with zero attached hydrogens (tertiary/aromatic N) is 6. The molecule has 1 aliphatic rings. The maximum atomic E-state index is 12.7. The molecule has 25 heavy (non-hydrogen) atoms. The van der Waals surface area contributed by atoms with Gasteiger partial charge in [-0.25, -0.2) is 0 Å². The van der Waals surface area contributed by atoms with E-state index in [0.29, 0.717) is 6.04 Å². The first-order chi connectivity index (χ1) is 12.0. The van der Waals surface area contributed by atoms with Gasteiger partial charge in [-0.2, -0.15) is 10.2 Å². The Balaban J connectivity index is 1.55. The van der Waals surface area contributed by atoms with Gasteiger partial charge >= 0.3 is 0 Å². The van der Waals surface area contributed by atoms with Gasteiger partial charge in [0.25, 0.3) is 0 Å². The molecule has 3 rings (SSSR count). The second kappa shape index (κ2) is 7.82. The average molecular weight is 344 g/mol. The highest BCUT2D eigenvalue weighted by atomic mass is 16.2. The number of rotatable bonds is 5. The first-order valence-corrected chi connectivity index (χ1v) is 9.08. The van der Waals surface area contributed by atoms with E-state index < -0.39 is 0 Å². The SMILES string of the molecule is CC(C)n1cc(CN2CCCN(C(=O)[C@@H](C)n3cccn3)CC2)cn1. The van der Waals surface area contributed by atoms with Crippen LogP contribution in [0.2, 0.25) is 0 Å². The van der Waals surface area contributed by atoms with Crippen LogP contribution in [0.4, 0.5) is 0 Å². The number of carbonyl (C=O) groups excluding carboxylic acids is 1. The number of hydrogen-bond donors (Lipinski definition) is 0. The van der Waals surface area contributed by atoms with Crippen LogP contribution in [0.5, 0.6) is 0 Å². The quantitative estimate of drug-likeness (QED) is 0.832. The zero-order valence-electron chi connectivity index (χ0n) is 15.4. The van der Waals surface area contributed by atoms with Crippen molar-refractivity contribution in [2.75, 3.05) is 26.2 Å². The summed E-state index contributed by atoms with van der Waals surface area (Å²) in [5, 5.41) is 8.61. The highest BCUT2D eigenvalue weighted by Gasteiger charge is 2.24. The summed E-state index contributed by atoms with van der Waals surface area (Å²) in [4.78, 5) is 17.1. The Labute approximate surface area is 149 Å². The number of amides is 1. The molecule has 1 atom stereocenters. The van der Waals surface area contributed by atoms with Crippen molar-refractivity contribution in [2.45, 2.75) is 45.8 Å². The predicted molar refractivity (Wildman–Crippen MR) is 96.0 cm³/mol. The smallest absolute Gasteiger partial charge is 0.247 e. The molecule has 0 N–H and O–H groups in total. The van der Waals surface area contributed by atoms with Gasteiger partial charge < -0.3 is 4.90 Å². The van der Waals surface area contributed by atoms with Gasteiger partial charge in [0.05, 0.1) is 6.20 Å². The summed E-state index contributed by atoms with van der Waals surface area (Å²) < 4.78 is 3.72. The van der Waals surface area contributed by atoms with Crippen LogP contribution in [0, 0.1) is 0 Å². The fourth-order valence-electron chi connectivity index (χ4n) is 3.24. The maximum absolute atomic E-state index is 12.7. The van der Waals surface area contributed by atoms with Crippen molar-refractivity contribution in [3.8, 4) is 0 Å². The standard InChI is InChI=1S/C18H28N6O/c1-15(2)24-14-17(12-20-24)13-21-7-5-8-22(11-10-21)18(25)16(3)23-9-4-6-19-23/h4,6,9,12,14-16H,5,7-8,10-11,13H2,1-3H3/t16-/m1/s1. The first kappa shape index (κ1) is 17.7. The molecule has 1 fully saturated rings. The zero-order valence-corrected chi connectivity index (χ0v) is 15.4. The normalized spacial score (nSPS) is 17.7. The molecular weight excluding hydrogens is 316 g/mol. The molecule has 0 aliphatic carbocycles. The van der Waals surface area contributed by atoms with Gasteiger partial charge in [0.1, 0.15) is 6.04 Å². The Kier molecular flexibility index (Phi) is 5.53. The highest BCUT2D eigenvalue weighted by Crippen LogP contribution is 2.14. The van der Waals surface area contributed by atoms with E-state index in [1.165, 1.54) is 5.56 Å². The van der Waals surface area contributed by atoms with Crippen molar-refractivity contribution in [2.24, 2.45) is 0 Å². The summed E-state index contributed by atoms with van der Waals surface area (Å²) in [7, 11) is 0. The monoisotopic (exact) mass is 344 g/mol. The molecule has 2 aromatic heterocycles. The molecule has 0 bridgehead atoms. The van der Waals surface area contributed by atoms with E-state index in [4.69, 9.17) is 0 Å². The lowest BCUT2D eigenvalue weighted by atomic mass is 10.2. The minimum atomic E-state index is -0.245. The van der Waals surface area contributed by atoms with Crippen molar-refractivity contribution < 1.29 is 4.79 Å². The minimum Gasteiger partial charge on any atom is -0.340 e. The van der Waals surface area contributed by atoms with Gasteiger partial charge in [-0.3, -0.25) is 19.1 Å². The lowest BCUT2D eigenvalue weighted by Crippen LogP contribution is -2.39. The lowest BCUT2D eigenvalue weighted by molar-refractivity contribution is -0.134. The largest absolute Gasteiger partial charge is 0.340 e.